The van der Waals surface area contributed by atoms with Crippen LogP contribution in [0.5, 0.6) is 5.88 Å². The summed E-state index contributed by atoms with van der Waals surface area (Å²) in [6.45, 7) is 1.76. The van der Waals surface area contributed by atoms with Crippen LogP contribution >= 0.6 is 0 Å². The highest BCUT2D eigenvalue weighted by atomic mass is 16.6. The maximum Gasteiger partial charge on any atom is 0.411 e. The third-order valence-corrected chi connectivity index (χ3v) is 2.47. The SMILES string of the molecule is C[C@H](CO)n1cnnc1-c1cccc(OC(N)=O)n1. The first kappa shape index (κ1) is 13.0. The van der Waals surface area contributed by atoms with Crippen LogP contribution in [0.1, 0.15) is 13.0 Å². The molecule has 0 fully saturated rings. The predicted molar refractivity (Wildman–Crippen MR) is 65.3 cm³/mol. The summed E-state index contributed by atoms with van der Waals surface area (Å²) < 4.78 is 6.38. The molecule has 1 amide bonds. The molecule has 2 rings (SSSR count). The second-order valence-corrected chi connectivity index (χ2v) is 3.88. The van der Waals surface area contributed by atoms with E-state index in [0.717, 1.165) is 0 Å². The number of primary amides is 1. The zero-order valence-corrected chi connectivity index (χ0v) is 10.2. The average Bonchev–Trinajstić information content (AvgIpc) is 2.86. The molecule has 0 aliphatic heterocycles. The van der Waals surface area contributed by atoms with Crippen molar-refractivity contribution in [3.63, 3.8) is 0 Å². The van der Waals surface area contributed by atoms with Gasteiger partial charge in [0.25, 0.3) is 0 Å². The second kappa shape index (κ2) is 5.44. The fraction of sp³-hybridized carbons (Fsp3) is 0.273. The van der Waals surface area contributed by atoms with Crippen LogP contribution in [-0.2, 0) is 0 Å². The summed E-state index contributed by atoms with van der Waals surface area (Å²) in [4.78, 5) is 14.8. The molecule has 1 atom stereocenters. The molecule has 0 aliphatic rings. The minimum Gasteiger partial charge on any atom is -0.394 e. The quantitative estimate of drug-likeness (QED) is 0.822. The van der Waals surface area contributed by atoms with Crippen LogP contribution in [0.4, 0.5) is 4.79 Å². The van der Waals surface area contributed by atoms with Crippen LogP contribution < -0.4 is 10.5 Å². The van der Waals surface area contributed by atoms with Crippen molar-refractivity contribution in [1.82, 2.24) is 19.7 Å². The number of carbonyl (C=O) groups excluding carboxylic acids is 1. The minimum atomic E-state index is -0.935. The van der Waals surface area contributed by atoms with Gasteiger partial charge in [-0.1, -0.05) is 6.07 Å². The van der Waals surface area contributed by atoms with E-state index >= 15 is 0 Å². The highest BCUT2D eigenvalue weighted by Gasteiger charge is 2.14. The second-order valence-electron chi connectivity index (χ2n) is 3.88. The number of aromatic nitrogens is 4. The number of hydrogen-bond acceptors (Lipinski definition) is 6. The van der Waals surface area contributed by atoms with Gasteiger partial charge in [-0.05, 0) is 13.0 Å². The molecule has 0 spiro atoms. The summed E-state index contributed by atoms with van der Waals surface area (Å²) in [5.74, 6) is 0.549. The van der Waals surface area contributed by atoms with Crippen molar-refractivity contribution < 1.29 is 14.6 Å². The molecule has 2 heterocycles. The molecule has 0 bridgehead atoms. The van der Waals surface area contributed by atoms with Gasteiger partial charge in [0.1, 0.15) is 12.0 Å². The van der Waals surface area contributed by atoms with Crippen LogP contribution in [0, 0.1) is 0 Å². The zero-order chi connectivity index (χ0) is 13.8. The highest BCUT2D eigenvalue weighted by Crippen LogP contribution is 2.20. The minimum absolute atomic E-state index is 0.0531. The Labute approximate surface area is 108 Å². The number of amides is 1. The van der Waals surface area contributed by atoms with Crippen LogP contribution in [0.15, 0.2) is 24.5 Å². The standard InChI is InChI=1S/C11H13N5O3/c1-7(5-17)16-6-13-15-10(16)8-3-2-4-9(14-8)19-11(12)18/h2-4,6-7,17H,5H2,1H3,(H2,12,18)/t7-/m1/s1. The summed E-state index contributed by atoms with van der Waals surface area (Å²) in [6.07, 6.45) is 0.564. The van der Waals surface area contributed by atoms with Gasteiger partial charge in [0.2, 0.25) is 5.88 Å². The first-order chi connectivity index (χ1) is 9.11. The Morgan fingerprint density at radius 3 is 3.05 bits per heavy atom. The summed E-state index contributed by atoms with van der Waals surface area (Å²) in [6, 6.07) is 4.67. The molecule has 8 heteroatoms. The van der Waals surface area contributed by atoms with E-state index in [1.807, 2.05) is 6.92 Å². The molecule has 0 saturated carbocycles. The van der Waals surface area contributed by atoms with E-state index in [2.05, 4.69) is 15.2 Å². The monoisotopic (exact) mass is 263 g/mol. The Kier molecular flexibility index (Phi) is 3.71. The van der Waals surface area contributed by atoms with Gasteiger partial charge in [-0.3, -0.25) is 0 Å². The van der Waals surface area contributed by atoms with Crippen molar-refractivity contribution in [3.05, 3.63) is 24.5 Å². The fourth-order valence-corrected chi connectivity index (χ4v) is 1.54. The average molecular weight is 263 g/mol. The molecule has 19 heavy (non-hydrogen) atoms. The summed E-state index contributed by atoms with van der Waals surface area (Å²) >= 11 is 0. The van der Waals surface area contributed by atoms with Gasteiger partial charge in [0.05, 0.1) is 12.6 Å². The van der Waals surface area contributed by atoms with E-state index in [9.17, 15) is 4.79 Å². The van der Waals surface area contributed by atoms with Gasteiger partial charge in [-0.15, -0.1) is 10.2 Å². The number of pyridine rings is 1. The van der Waals surface area contributed by atoms with E-state index < -0.39 is 6.09 Å². The van der Waals surface area contributed by atoms with E-state index in [1.165, 1.54) is 12.4 Å². The van der Waals surface area contributed by atoms with Gasteiger partial charge in [-0.25, -0.2) is 9.78 Å². The van der Waals surface area contributed by atoms with Crippen molar-refractivity contribution in [2.45, 2.75) is 13.0 Å². The Morgan fingerprint density at radius 2 is 2.37 bits per heavy atom. The first-order valence-corrected chi connectivity index (χ1v) is 5.57. The van der Waals surface area contributed by atoms with Crippen molar-refractivity contribution in [2.24, 2.45) is 5.73 Å². The smallest absolute Gasteiger partial charge is 0.394 e. The lowest BCUT2D eigenvalue weighted by Gasteiger charge is -2.12. The Bertz CT molecular complexity index is 583. The number of nitrogens with zero attached hydrogens (tertiary/aromatic N) is 4. The lowest BCUT2D eigenvalue weighted by Crippen LogP contribution is -2.17. The first-order valence-electron chi connectivity index (χ1n) is 5.57. The highest BCUT2D eigenvalue weighted by molar-refractivity contribution is 5.67. The molecule has 2 aromatic rings. The van der Waals surface area contributed by atoms with E-state index in [-0.39, 0.29) is 18.5 Å². The molecule has 0 aliphatic carbocycles. The lowest BCUT2D eigenvalue weighted by molar-refractivity contribution is 0.209. The molecule has 0 saturated heterocycles. The number of ether oxygens (including phenoxy) is 1. The van der Waals surface area contributed by atoms with Crippen molar-refractivity contribution in [3.8, 4) is 17.4 Å². The van der Waals surface area contributed by atoms with Gasteiger partial charge in [-0.2, -0.15) is 0 Å². The van der Waals surface area contributed by atoms with Gasteiger partial charge in [0, 0.05) is 6.07 Å². The number of hydrogen-bond donors (Lipinski definition) is 2. The molecule has 100 valence electrons. The zero-order valence-electron chi connectivity index (χ0n) is 10.2. The Morgan fingerprint density at radius 1 is 1.58 bits per heavy atom. The van der Waals surface area contributed by atoms with Gasteiger partial charge >= 0.3 is 6.09 Å². The predicted octanol–water partition coefficient (Wildman–Crippen LogP) is 0.351. The Balaban J connectivity index is 2.36. The van der Waals surface area contributed by atoms with Crippen LogP contribution in [0.2, 0.25) is 0 Å². The van der Waals surface area contributed by atoms with Gasteiger partial charge < -0.3 is 20.1 Å². The maximum absolute atomic E-state index is 10.7. The Hall–Kier alpha value is -2.48. The van der Waals surface area contributed by atoms with Crippen molar-refractivity contribution in [1.29, 1.82) is 0 Å². The largest absolute Gasteiger partial charge is 0.411 e. The number of aliphatic hydroxyl groups excluding tert-OH is 1. The van der Waals surface area contributed by atoms with Crippen molar-refractivity contribution in [2.75, 3.05) is 6.61 Å². The van der Waals surface area contributed by atoms with Crippen LogP contribution in [0.3, 0.4) is 0 Å². The van der Waals surface area contributed by atoms with Crippen LogP contribution in [0.25, 0.3) is 11.5 Å². The normalized spacial score (nSPS) is 12.1. The molecule has 3 N–H and O–H groups in total. The molecule has 0 unspecified atom stereocenters. The topological polar surface area (TPSA) is 116 Å². The molecule has 2 aromatic heterocycles. The molecule has 0 aromatic carbocycles. The fourth-order valence-electron chi connectivity index (χ4n) is 1.54. The van der Waals surface area contributed by atoms with Gasteiger partial charge in [0.15, 0.2) is 5.82 Å². The maximum atomic E-state index is 10.7. The molecule has 0 radical (unpaired) electrons. The molecular formula is C11H13N5O3. The van der Waals surface area contributed by atoms with E-state index in [0.29, 0.717) is 11.5 Å². The number of aliphatic hydroxyl groups is 1. The lowest BCUT2D eigenvalue weighted by atomic mass is 10.3. The van der Waals surface area contributed by atoms with E-state index in [1.54, 1.807) is 16.7 Å². The molecular weight excluding hydrogens is 250 g/mol. The summed E-state index contributed by atoms with van der Waals surface area (Å²) in [5.41, 5.74) is 5.39. The number of carbonyl (C=O) groups is 1. The summed E-state index contributed by atoms with van der Waals surface area (Å²) in [7, 11) is 0. The third-order valence-electron chi connectivity index (χ3n) is 2.47. The van der Waals surface area contributed by atoms with Crippen LogP contribution in [-0.4, -0.2) is 37.6 Å². The van der Waals surface area contributed by atoms with E-state index in [4.69, 9.17) is 15.6 Å². The number of nitrogens with two attached hydrogens (primary N) is 1. The number of rotatable bonds is 4. The van der Waals surface area contributed by atoms with Crippen molar-refractivity contribution >= 4 is 6.09 Å². The molecule has 8 nitrogen and oxygen atoms in total. The summed E-state index contributed by atoms with van der Waals surface area (Å²) in [5, 5.41) is 16.9. The third kappa shape index (κ3) is 2.86.